The van der Waals surface area contributed by atoms with Gasteiger partial charge in [0.05, 0.1) is 19.9 Å². The topological polar surface area (TPSA) is 72.8 Å². The third-order valence-electron chi connectivity index (χ3n) is 3.34. The van der Waals surface area contributed by atoms with Crippen molar-refractivity contribution >= 4 is 10.9 Å². The molecule has 0 radical (unpaired) electrons. The number of alkyl halides is 3. The van der Waals surface area contributed by atoms with E-state index >= 15 is 0 Å². The molecule has 2 heterocycles. The molecular formula is C14H11F3N4O2. The zero-order chi connectivity index (χ0) is 16.6. The number of rotatable bonds is 3. The molecule has 23 heavy (non-hydrogen) atoms. The number of methoxy groups -OCH3 is 1. The van der Waals surface area contributed by atoms with Gasteiger partial charge in [-0.25, -0.2) is 4.68 Å². The molecule has 3 aromatic rings. The summed E-state index contributed by atoms with van der Waals surface area (Å²) in [5.74, 6) is 0.638. The Hall–Kier alpha value is -2.84. The van der Waals surface area contributed by atoms with Crippen LogP contribution in [0.15, 0.2) is 35.3 Å². The lowest BCUT2D eigenvalue weighted by molar-refractivity contribution is -0.140. The second-order valence-electron chi connectivity index (χ2n) is 4.81. The van der Waals surface area contributed by atoms with Crippen molar-refractivity contribution in [1.29, 1.82) is 0 Å². The Morgan fingerprint density at radius 3 is 2.57 bits per heavy atom. The molecule has 6 nitrogen and oxygen atoms in total. The predicted octanol–water partition coefficient (Wildman–Crippen LogP) is 2.20. The van der Waals surface area contributed by atoms with Crippen LogP contribution in [0.25, 0.3) is 10.9 Å². The Kier molecular flexibility index (Phi) is 3.55. The molecule has 0 fully saturated rings. The van der Waals surface area contributed by atoms with Crippen molar-refractivity contribution in [2.75, 3.05) is 7.11 Å². The summed E-state index contributed by atoms with van der Waals surface area (Å²) in [5.41, 5.74) is -1.42. The van der Waals surface area contributed by atoms with E-state index in [1.807, 2.05) is 5.10 Å². The lowest BCUT2D eigenvalue weighted by Crippen LogP contribution is -2.24. The highest BCUT2D eigenvalue weighted by atomic mass is 19.4. The highest BCUT2D eigenvalue weighted by Crippen LogP contribution is 2.31. The van der Waals surface area contributed by atoms with Gasteiger partial charge in [0.2, 0.25) is 0 Å². The molecule has 120 valence electrons. The van der Waals surface area contributed by atoms with Gasteiger partial charge in [0.25, 0.3) is 5.56 Å². The number of benzene rings is 1. The fourth-order valence-electron chi connectivity index (χ4n) is 2.19. The Labute approximate surface area is 127 Å². The molecule has 0 amide bonds. The zero-order valence-corrected chi connectivity index (χ0v) is 11.9. The molecule has 0 saturated heterocycles. The third kappa shape index (κ3) is 2.77. The van der Waals surface area contributed by atoms with E-state index in [0.29, 0.717) is 11.3 Å². The first-order valence-electron chi connectivity index (χ1n) is 6.54. The van der Waals surface area contributed by atoms with Crippen LogP contribution < -0.4 is 10.3 Å². The first-order valence-corrected chi connectivity index (χ1v) is 6.54. The zero-order valence-electron chi connectivity index (χ0n) is 11.9. The average molecular weight is 324 g/mol. The van der Waals surface area contributed by atoms with Gasteiger partial charge in [0, 0.05) is 0 Å². The van der Waals surface area contributed by atoms with E-state index in [1.54, 1.807) is 24.3 Å². The standard InChI is InChI=1S/C14H11F3N4O2/c1-23-9-4-2-8(3-5-9)7-21-13(22)11-10(6-18-21)19-20-12(11)14(15,16)17/h2-6H,7H2,1H3,(H,19,20). The first-order chi connectivity index (χ1) is 10.9. The first kappa shape index (κ1) is 15.1. The van der Waals surface area contributed by atoms with Crippen molar-refractivity contribution in [3.8, 4) is 5.75 Å². The van der Waals surface area contributed by atoms with Crippen LogP contribution in [-0.4, -0.2) is 27.1 Å². The number of hydrogen-bond acceptors (Lipinski definition) is 4. The van der Waals surface area contributed by atoms with Gasteiger partial charge in [-0.1, -0.05) is 12.1 Å². The molecule has 0 saturated carbocycles. The van der Waals surface area contributed by atoms with Crippen LogP contribution in [-0.2, 0) is 12.7 Å². The molecule has 0 atom stereocenters. The molecule has 1 aromatic carbocycles. The lowest BCUT2D eigenvalue weighted by atomic mass is 10.2. The Balaban J connectivity index is 2.04. The summed E-state index contributed by atoms with van der Waals surface area (Å²) in [6.07, 6.45) is -3.56. The number of aromatic nitrogens is 4. The van der Waals surface area contributed by atoms with E-state index < -0.39 is 22.8 Å². The van der Waals surface area contributed by atoms with Crippen LogP contribution in [0.5, 0.6) is 5.75 Å². The largest absolute Gasteiger partial charge is 0.497 e. The minimum atomic E-state index is -4.69. The van der Waals surface area contributed by atoms with E-state index in [9.17, 15) is 18.0 Å². The highest BCUT2D eigenvalue weighted by molar-refractivity contribution is 5.79. The summed E-state index contributed by atoms with van der Waals surface area (Å²) in [6.45, 7) is 0.0429. The van der Waals surface area contributed by atoms with E-state index in [1.165, 1.54) is 7.11 Å². The van der Waals surface area contributed by atoms with Gasteiger partial charge in [0.1, 0.15) is 16.7 Å². The van der Waals surface area contributed by atoms with E-state index in [4.69, 9.17) is 4.74 Å². The highest BCUT2D eigenvalue weighted by Gasteiger charge is 2.36. The monoisotopic (exact) mass is 324 g/mol. The normalized spacial score (nSPS) is 11.8. The van der Waals surface area contributed by atoms with Gasteiger partial charge < -0.3 is 4.74 Å². The maximum atomic E-state index is 12.9. The van der Waals surface area contributed by atoms with Gasteiger partial charge in [-0.15, -0.1) is 0 Å². The molecule has 0 spiro atoms. The molecule has 1 N–H and O–H groups in total. The molecule has 2 aromatic heterocycles. The van der Waals surface area contributed by atoms with Crippen LogP contribution in [0.1, 0.15) is 11.3 Å². The molecule has 0 aliphatic heterocycles. The van der Waals surface area contributed by atoms with Crippen LogP contribution in [0.2, 0.25) is 0 Å². The number of fused-ring (bicyclic) bond motifs is 1. The van der Waals surface area contributed by atoms with Crippen LogP contribution in [0, 0.1) is 0 Å². The Bertz CT molecular complexity index is 897. The lowest BCUT2D eigenvalue weighted by Gasteiger charge is -2.07. The minimum Gasteiger partial charge on any atom is -0.497 e. The SMILES string of the molecule is COc1ccc(Cn2ncc3n[nH]c(C(F)(F)F)c3c2=O)cc1. The fraction of sp³-hybridized carbons (Fsp3) is 0.214. The molecule has 0 bridgehead atoms. The number of aromatic amines is 1. The second-order valence-corrected chi connectivity index (χ2v) is 4.81. The maximum absolute atomic E-state index is 12.9. The quantitative estimate of drug-likeness (QED) is 0.801. The number of nitrogens with one attached hydrogen (secondary N) is 1. The molecule has 0 unspecified atom stereocenters. The van der Waals surface area contributed by atoms with Gasteiger partial charge in [-0.3, -0.25) is 9.89 Å². The molecule has 3 rings (SSSR count). The maximum Gasteiger partial charge on any atom is 0.433 e. The smallest absolute Gasteiger partial charge is 0.433 e. The summed E-state index contributed by atoms with van der Waals surface area (Å²) in [5, 5.41) is 8.68. The Morgan fingerprint density at radius 1 is 1.26 bits per heavy atom. The number of hydrogen-bond donors (Lipinski definition) is 1. The molecule has 9 heteroatoms. The molecule has 0 aliphatic rings. The number of nitrogens with zero attached hydrogens (tertiary/aromatic N) is 3. The van der Waals surface area contributed by atoms with Crippen molar-refractivity contribution in [1.82, 2.24) is 20.0 Å². The molecular weight excluding hydrogens is 313 g/mol. The van der Waals surface area contributed by atoms with Crippen molar-refractivity contribution in [3.05, 3.63) is 52.1 Å². The van der Waals surface area contributed by atoms with E-state index in [2.05, 4.69) is 10.2 Å². The van der Waals surface area contributed by atoms with Gasteiger partial charge in [0.15, 0.2) is 5.69 Å². The summed E-state index contributed by atoms with van der Waals surface area (Å²) >= 11 is 0. The van der Waals surface area contributed by atoms with Crippen LogP contribution in [0.3, 0.4) is 0 Å². The van der Waals surface area contributed by atoms with Crippen LogP contribution in [0.4, 0.5) is 13.2 Å². The predicted molar refractivity (Wildman–Crippen MR) is 75.2 cm³/mol. The second kappa shape index (κ2) is 5.41. The fourth-order valence-corrected chi connectivity index (χ4v) is 2.19. The summed E-state index contributed by atoms with van der Waals surface area (Å²) in [6, 6.07) is 6.80. The summed E-state index contributed by atoms with van der Waals surface area (Å²) < 4.78 is 44.7. The van der Waals surface area contributed by atoms with E-state index in [0.717, 1.165) is 10.9 Å². The van der Waals surface area contributed by atoms with Crippen molar-refractivity contribution < 1.29 is 17.9 Å². The number of H-pyrrole nitrogens is 1. The van der Waals surface area contributed by atoms with Crippen molar-refractivity contribution in [3.63, 3.8) is 0 Å². The average Bonchev–Trinajstić information content (AvgIpc) is 2.96. The number of ether oxygens (including phenoxy) is 1. The van der Waals surface area contributed by atoms with Gasteiger partial charge >= 0.3 is 6.18 Å². The number of halogens is 3. The van der Waals surface area contributed by atoms with E-state index in [-0.39, 0.29) is 12.1 Å². The van der Waals surface area contributed by atoms with Crippen molar-refractivity contribution in [2.24, 2.45) is 0 Å². The summed E-state index contributed by atoms with van der Waals surface area (Å²) in [4.78, 5) is 12.3. The van der Waals surface area contributed by atoms with Crippen LogP contribution >= 0.6 is 0 Å². The van der Waals surface area contributed by atoms with Gasteiger partial charge in [-0.05, 0) is 17.7 Å². The van der Waals surface area contributed by atoms with Gasteiger partial charge in [-0.2, -0.15) is 23.4 Å². The molecule has 0 aliphatic carbocycles. The third-order valence-corrected chi connectivity index (χ3v) is 3.34. The Morgan fingerprint density at radius 2 is 1.96 bits per heavy atom. The minimum absolute atomic E-state index is 0.0429. The summed E-state index contributed by atoms with van der Waals surface area (Å²) in [7, 11) is 1.52. The van der Waals surface area contributed by atoms with Crippen molar-refractivity contribution in [2.45, 2.75) is 12.7 Å².